The SMILES string of the molecule is Nc1nccn1-c1cccnc1. The molecule has 2 N–H and O–H groups in total. The number of pyridine rings is 1. The molecule has 0 amide bonds. The van der Waals surface area contributed by atoms with Gasteiger partial charge in [-0.25, -0.2) is 4.98 Å². The predicted molar refractivity (Wildman–Crippen MR) is 45.8 cm³/mol. The Kier molecular flexibility index (Phi) is 1.51. The van der Waals surface area contributed by atoms with Gasteiger partial charge < -0.3 is 5.73 Å². The summed E-state index contributed by atoms with van der Waals surface area (Å²) in [5.41, 5.74) is 6.52. The lowest BCUT2D eigenvalue weighted by molar-refractivity contribution is 1.05. The highest BCUT2D eigenvalue weighted by Gasteiger charge is 1.98. The minimum atomic E-state index is 0.475. The molecule has 0 aliphatic carbocycles. The Balaban J connectivity index is 2.51. The van der Waals surface area contributed by atoms with Crippen LogP contribution in [-0.2, 0) is 0 Å². The van der Waals surface area contributed by atoms with Crippen LogP contribution in [0, 0.1) is 0 Å². The summed E-state index contributed by atoms with van der Waals surface area (Å²) < 4.78 is 1.77. The zero-order chi connectivity index (χ0) is 8.39. The molecule has 4 nitrogen and oxygen atoms in total. The predicted octanol–water partition coefficient (Wildman–Crippen LogP) is 0.849. The molecule has 2 aromatic rings. The zero-order valence-corrected chi connectivity index (χ0v) is 6.38. The summed E-state index contributed by atoms with van der Waals surface area (Å²) in [7, 11) is 0. The fourth-order valence-electron chi connectivity index (χ4n) is 1.03. The quantitative estimate of drug-likeness (QED) is 0.672. The fourth-order valence-corrected chi connectivity index (χ4v) is 1.03. The molecule has 0 aliphatic heterocycles. The molecule has 12 heavy (non-hydrogen) atoms. The average molecular weight is 160 g/mol. The lowest BCUT2D eigenvalue weighted by atomic mass is 10.4. The van der Waals surface area contributed by atoms with Gasteiger partial charge in [0.2, 0.25) is 5.95 Å². The molecule has 0 aliphatic rings. The van der Waals surface area contributed by atoms with E-state index in [4.69, 9.17) is 5.73 Å². The number of hydrogen-bond acceptors (Lipinski definition) is 3. The lowest BCUT2D eigenvalue weighted by Crippen LogP contribution is -1.99. The van der Waals surface area contributed by atoms with Gasteiger partial charge in [-0.15, -0.1) is 0 Å². The summed E-state index contributed by atoms with van der Waals surface area (Å²) in [6, 6.07) is 3.78. The largest absolute Gasteiger partial charge is 0.369 e. The second kappa shape index (κ2) is 2.65. The molecular weight excluding hydrogens is 152 g/mol. The summed E-state index contributed by atoms with van der Waals surface area (Å²) in [5.74, 6) is 0.475. The van der Waals surface area contributed by atoms with Gasteiger partial charge in [0.25, 0.3) is 0 Å². The first-order chi connectivity index (χ1) is 5.88. The standard InChI is InChI=1S/C8H8N4/c9-8-11-4-5-12(8)7-2-1-3-10-6-7/h1-6H,(H2,9,11). The van der Waals surface area contributed by atoms with Gasteiger partial charge in [0.1, 0.15) is 0 Å². The van der Waals surface area contributed by atoms with Crippen molar-refractivity contribution < 1.29 is 0 Å². The summed E-state index contributed by atoms with van der Waals surface area (Å²) in [6.07, 6.45) is 6.91. The third kappa shape index (κ3) is 1.03. The molecule has 0 fully saturated rings. The Morgan fingerprint density at radius 3 is 2.83 bits per heavy atom. The van der Waals surface area contributed by atoms with Crippen LogP contribution in [0.1, 0.15) is 0 Å². The van der Waals surface area contributed by atoms with E-state index in [2.05, 4.69) is 9.97 Å². The topological polar surface area (TPSA) is 56.7 Å². The maximum Gasteiger partial charge on any atom is 0.204 e. The average Bonchev–Trinajstić information content (AvgIpc) is 2.53. The molecule has 0 aromatic carbocycles. The van der Waals surface area contributed by atoms with E-state index in [1.807, 2.05) is 12.1 Å². The maximum atomic E-state index is 5.60. The molecular formula is C8H8N4. The van der Waals surface area contributed by atoms with Gasteiger partial charge in [-0.05, 0) is 12.1 Å². The van der Waals surface area contributed by atoms with E-state index in [-0.39, 0.29) is 0 Å². The van der Waals surface area contributed by atoms with Gasteiger partial charge in [-0.3, -0.25) is 9.55 Å². The minimum Gasteiger partial charge on any atom is -0.369 e. The van der Waals surface area contributed by atoms with Crippen LogP contribution in [0.25, 0.3) is 5.69 Å². The van der Waals surface area contributed by atoms with Crippen LogP contribution < -0.4 is 5.73 Å². The van der Waals surface area contributed by atoms with Crippen molar-refractivity contribution in [1.29, 1.82) is 0 Å². The monoisotopic (exact) mass is 160 g/mol. The highest BCUT2D eigenvalue weighted by molar-refractivity contribution is 5.36. The Bertz CT molecular complexity index is 366. The second-order valence-electron chi connectivity index (χ2n) is 2.37. The smallest absolute Gasteiger partial charge is 0.204 e. The number of aromatic nitrogens is 3. The van der Waals surface area contributed by atoms with Crippen molar-refractivity contribution in [3.63, 3.8) is 0 Å². The van der Waals surface area contributed by atoms with Crippen LogP contribution in [0.3, 0.4) is 0 Å². The van der Waals surface area contributed by atoms with Crippen LogP contribution in [0.2, 0.25) is 0 Å². The summed E-state index contributed by atoms with van der Waals surface area (Å²) >= 11 is 0. The number of rotatable bonds is 1. The normalized spacial score (nSPS) is 10.0. The molecule has 2 rings (SSSR count). The van der Waals surface area contributed by atoms with Gasteiger partial charge >= 0.3 is 0 Å². The van der Waals surface area contributed by atoms with E-state index < -0.39 is 0 Å². The van der Waals surface area contributed by atoms with E-state index in [1.165, 1.54) is 0 Å². The van der Waals surface area contributed by atoms with Crippen molar-refractivity contribution in [3.8, 4) is 5.69 Å². The van der Waals surface area contributed by atoms with E-state index >= 15 is 0 Å². The van der Waals surface area contributed by atoms with Crippen LogP contribution in [0.4, 0.5) is 5.95 Å². The first-order valence-electron chi connectivity index (χ1n) is 3.57. The minimum absolute atomic E-state index is 0.475. The Morgan fingerprint density at radius 2 is 2.25 bits per heavy atom. The molecule has 0 atom stereocenters. The fraction of sp³-hybridized carbons (Fsp3) is 0. The first-order valence-corrected chi connectivity index (χ1v) is 3.57. The van der Waals surface area contributed by atoms with Crippen molar-refractivity contribution in [3.05, 3.63) is 36.9 Å². The number of nitrogen functional groups attached to an aromatic ring is 1. The number of nitrogens with zero attached hydrogens (tertiary/aromatic N) is 3. The van der Waals surface area contributed by atoms with Gasteiger partial charge in [0, 0.05) is 18.6 Å². The third-order valence-electron chi connectivity index (χ3n) is 1.59. The van der Waals surface area contributed by atoms with Crippen LogP contribution in [0.5, 0.6) is 0 Å². The Hall–Kier alpha value is -1.84. The molecule has 0 spiro atoms. The highest BCUT2D eigenvalue weighted by Crippen LogP contribution is 2.08. The van der Waals surface area contributed by atoms with Gasteiger partial charge in [-0.1, -0.05) is 0 Å². The van der Waals surface area contributed by atoms with E-state index in [0.29, 0.717) is 5.95 Å². The van der Waals surface area contributed by atoms with Gasteiger partial charge in [-0.2, -0.15) is 0 Å². The highest BCUT2D eigenvalue weighted by atomic mass is 15.1. The second-order valence-corrected chi connectivity index (χ2v) is 2.37. The lowest BCUT2D eigenvalue weighted by Gasteiger charge is -2.01. The number of anilines is 1. The van der Waals surface area contributed by atoms with Crippen molar-refractivity contribution >= 4 is 5.95 Å². The molecule has 2 heterocycles. The summed E-state index contributed by atoms with van der Waals surface area (Å²) in [5, 5.41) is 0. The van der Waals surface area contributed by atoms with Crippen molar-refractivity contribution in [2.24, 2.45) is 0 Å². The zero-order valence-electron chi connectivity index (χ0n) is 6.38. The molecule has 4 heteroatoms. The summed E-state index contributed by atoms with van der Waals surface area (Å²) in [4.78, 5) is 7.88. The van der Waals surface area contributed by atoms with Crippen molar-refractivity contribution in [2.75, 3.05) is 5.73 Å². The van der Waals surface area contributed by atoms with Crippen LogP contribution in [0.15, 0.2) is 36.9 Å². The van der Waals surface area contributed by atoms with Crippen LogP contribution in [-0.4, -0.2) is 14.5 Å². The number of hydrogen-bond donors (Lipinski definition) is 1. The third-order valence-corrected chi connectivity index (χ3v) is 1.59. The van der Waals surface area contributed by atoms with Gasteiger partial charge in [0.05, 0.1) is 11.9 Å². The van der Waals surface area contributed by atoms with Crippen molar-refractivity contribution in [1.82, 2.24) is 14.5 Å². The number of imidazole rings is 1. The molecule has 0 saturated carbocycles. The first kappa shape index (κ1) is 6.84. The molecule has 0 unspecified atom stereocenters. The maximum absolute atomic E-state index is 5.60. The Labute approximate surface area is 69.7 Å². The van der Waals surface area contributed by atoms with E-state index in [1.54, 1.807) is 29.4 Å². The Morgan fingerprint density at radius 1 is 1.33 bits per heavy atom. The molecule has 0 saturated heterocycles. The molecule has 60 valence electrons. The summed E-state index contributed by atoms with van der Waals surface area (Å²) in [6.45, 7) is 0. The van der Waals surface area contributed by atoms with E-state index in [0.717, 1.165) is 5.69 Å². The molecule has 0 bridgehead atoms. The molecule has 0 radical (unpaired) electrons. The number of nitrogens with two attached hydrogens (primary N) is 1. The molecule has 2 aromatic heterocycles. The van der Waals surface area contributed by atoms with Gasteiger partial charge in [0.15, 0.2) is 0 Å². The van der Waals surface area contributed by atoms with E-state index in [9.17, 15) is 0 Å². The van der Waals surface area contributed by atoms with Crippen LogP contribution >= 0.6 is 0 Å². The van der Waals surface area contributed by atoms with Crippen molar-refractivity contribution in [2.45, 2.75) is 0 Å².